The number of nitrogens with zero attached hydrogens (tertiary/aromatic N) is 4. The molecule has 2 aromatic heterocycles. The second kappa shape index (κ2) is 7.05. The highest BCUT2D eigenvalue weighted by Crippen LogP contribution is 2.51. The summed E-state index contributed by atoms with van der Waals surface area (Å²) >= 11 is 5.90. The lowest BCUT2D eigenvalue weighted by molar-refractivity contribution is -0.143. The Balaban J connectivity index is 1.39. The number of primary amides is 1. The first kappa shape index (κ1) is 19.5. The second-order valence-electron chi connectivity index (χ2n) is 8.00. The quantitative estimate of drug-likeness (QED) is 0.588. The summed E-state index contributed by atoms with van der Waals surface area (Å²) < 4.78 is 1.47. The summed E-state index contributed by atoms with van der Waals surface area (Å²) in [6.07, 6.45) is 1.22. The van der Waals surface area contributed by atoms with Crippen LogP contribution in [-0.2, 0) is 16.1 Å². The number of benzene rings is 1. The third-order valence-electron chi connectivity index (χ3n) is 6.07. The molecule has 31 heavy (non-hydrogen) atoms. The van der Waals surface area contributed by atoms with E-state index in [0.29, 0.717) is 36.1 Å². The van der Waals surface area contributed by atoms with Crippen LogP contribution < -0.4 is 11.1 Å². The number of anilines is 1. The average Bonchev–Trinajstić information content (AvgIpc) is 3.38. The Bertz CT molecular complexity index is 1230. The number of carbonyl (C=O) groups is 3. The minimum absolute atomic E-state index is 0.0923. The number of aromatic nitrogens is 3. The lowest BCUT2D eigenvalue weighted by Crippen LogP contribution is -2.57. The van der Waals surface area contributed by atoms with Gasteiger partial charge in [0.15, 0.2) is 5.69 Å². The number of nitrogens with one attached hydrogen (secondary N) is 1. The predicted octanol–water partition coefficient (Wildman–Crippen LogP) is 1.81. The number of para-hydroxylation sites is 1. The van der Waals surface area contributed by atoms with E-state index in [1.165, 1.54) is 4.68 Å². The zero-order valence-corrected chi connectivity index (χ0v) is 17.2. The molecule has 3 N–H and O–H groups in total. The minimum Gasteiger partial charge on any atom is -0.364 e. The normalized spacial score (nSPS) is 21.7. The van der Waals surface area contributed by atoms with E-state index >= 15 is 0 Å². The lowest BCUT2D eigenvalue weighted by Gasteiger charge is -2.40. The Hall–Kier alpha value is -3.46. The molecule has 0 unspecified atom stereocenters. The SMILES string of the molecule is NC(=O)c1nn(CC(=O)N2CC3CC2(C(=O)Nc2cccc(Cl)n2)C3)c2ccccc12. The van der Waals surface area contributed by atoms with E-state index in [9.17, 15) is 14.4 Å². The maximum atomic E-state index is 13.2. The molecule has 1 saturated carbocycles. The fraction of sp³-hybridized carbons (Fsp3) is 0.286. The van der Waals surface area contributed by atoms with Crippen LogP contribution in [0.25, 0.3) is 10.9 Å². The average molecular weight is 439 g/mol. The molecular weight excluding hydrogens is 420 g/mol. The molecule has 2 saturated heterocycles. The third kappa shape index (κ3) is 3.12. The van der Waals surface area contributed by atoms with Gasteiger partial charge < -0.3 is 16.0 Å². The zero-order chi connectivity index (χ0) is 21.8. The Morgan fingerprint density at radius 3 is 2.68 bits per heavy atom. The van der Waals surface area contributed by atoms with E-state index in [0.717, 1.165) is 0 Å². The predicted molar refractivity (Wildman–Crippen MR) is 113 cm³/mol. The van der Waals surface area contributed by atoms with Crippen LogP contribution in [0.15, 0.2) is 42.5 Å². The molecule has 6 rings (SSSR count). The fourth-order valence-corrected chi connectivity index (χ4v) is 4.84. The minimum atomic E-state index is -0.902. The molecule has 4 heterocycles. The van der Waals surface area contributed by atoms with Gasteiger partial charge in [0.25, 0.3) is 11.8 Å². The van der Waals surface area contributed by atoms with Crippen LogP contribution in [0.4, 0.5) is 5.82 Å². The van der Waals surface area contributed by atoms with E-state index in [-0.39, 0.29) is 35.1 Å². The summed E-state index contributed by atoms with van der Waals surface area (Å²) in [5.74, 6) is -0.530. The van der Waals surface area contributed by atoms with Gasteiger partial charge in [-0.3, -0.25) is 19.1 Å². The molecular formula is C21H19ClN6O3. The molecule has 3 aliphatic rings. The van der Waals surface area contributed by atoms with Gasteiger partial charge in [0.1, 0.15) is 23.1 Å². The van der Waals surface area contributed by atoms with Gasteiger partial charge in [-0.05, 0) is 37.0 Å². The first-order valence-corrected chi connectivity index (χ1v) is 10.2. The van der Waals surface area contributed by atoms with Crippen LogP contribution in [0.2, 0.25) is 5.15 Å². The van der Waals surface area contributed by atoms with Crippen LogP contribution in [0, 0.1) is 5.92 Å². The molecule has 3 aromatic rings. The number of rotatable bonds is 5. The number of nitrogens with two attached hydrogens (primary N) is 1. The van der Waals surface area contributed by atoms with Crippen molar-refractivity contribution in [3.05, 3.63) is 53.3 Å². The molecule has 0 atom stereocenters. The van der Waals surface area contributed by atoms with Crippen molar-refractivity contribution >= 4 is 46.0 Å². The van der Waals surface area contributed by atoms with Gasteiger partial charge in [-0.2, -0.15) is 5.10 Å². The summed E-state index contributed by atoms with van der Waals surface area (Å²) in [6.45, 7) is 0.419. The molecule has 0 spiro atoms. The summed E-state index contributed by atoms with van der Waals surface area (Å²) in [6, 6.07) is 12.1. The summed E-state index contributed by atoms with van der Waals surface area (Å²) in [5.41, 5.74) is 5.30. The van der Waals surface area contributed by atoms with Crippen LogP contribution in [0.1, 0.15) is 23.3 Å². The standard InChI is InChI=1S/C21H19ClN6O3/c22-15-6-3-7-16(24-15)25-20(31)21-8-12(9-21)10-27(21)17(29)11-28-14-5-2-1-4-13(14)18(26-28)19(23)30/h1-7,12H,8-11H2,(H2,23,30)(H,24,25,31). The molecule has 1 aromatic carbocycles. The molecule has 9 nitrogen and oxygen atoms in total. The second-order valence-corrected chi connectivity index (χ2v) is 8.38. The summed E-state index contributed by atoms with van der Waals surface area (Å²) in [4.78, 5) is 43.8. The Labute approximate surface area is 182 Å². The van der Waals surface area contributed by atoms with Gasteiger partial charge in [0.05, 0.1) is 5.52 Å². The van der Waals surface area contributed by atoms with Crippen molar-refractivity contribution in [2.45, 2.75) is 24.9 Å². The molecule has 3 amide bonds. The van der Waals surface area contributed by atoms with Crippen molar-refractivity contribution in [2.75, 3.05) is 11.9 Å². The van der Waals surface area contributed by atoms with E-state index in [1.54, 1.807) is 47.4 Å². The Morgan fingerprint density at radius 2 is 1.94 bits per heavy atom. The van der Waals surface area contributed by atoms with Gasteiger partial charge >= 0.3 is 0 Å². The summed E-state index contributed by atoms with van der Waals surface area (Å²) in [5, 5.41) is 7.91. The first-order chi connectivity index (χ1) is 14.9. The van der Waals surface area contributed by atoms with Crippen molar-refractivity contribution in [3.8, 4) is 0 Å². The molecule has 158 valence electrons. The summed E-state index contributed by atoms with van der Waals surface area (Å²) in [7, 11) is 0. The van der Waals surface area contributed by atoms with Crippen LogP contribution in [0.5, 0.6) is 0 Å². The monoisotopic (exact) mass is 438 g/mol. The van der Waals surface area contributed by atoms with Crippen molar-refractivity contribution in [1.29, 1.82) is 0 Å². The van der Waals surface area contributed by atoms with Crippen LogP contribution >= 0.6 is 11.6 Å². The fourth-order valence-electron chi connectivity index (χ4n) is 4.68. The van der Waals surface area contributed by atoms with Gasteiger partial charge in [-0.15, -0.1) is 0 Å². The smallest absolute Gasteiger partial charge is 0.269 e. The van der Waals surface area contributed by atoms with Crippen LogP contribution in [0.3, 0.4) is 0 Å². The van der Waals surface area contributed by atoms with Crippen molar-refractivity contribution in [1.82, 2.24) is 19.7 Å². The Kier molecular flexibility index (Phi) is 4.44. The molecule has 1 aliphatic carbocycles. The molecule has 10 heteroatoms. The number of halogens is 1. The van der Waals surface area contributed by atoms with E-state index in [1.807, 2.05) is 0 Å². The molecule has 3 fully saturated rings. The van der Waals surface area contributed by atoms with Crippen LogP contribution in [-0.4, -0.2) is 49.5 Å². The Morgan fingerprint density at radius 1 is 1.16 bits per heavy atom. The van der Waals surface area contributed by atoms with E-state index in [4.69, 9.17) is 17.3 Å². The first-order valence-electron chi connectivity index (χ1n) is 9.87. The topological polar surface area (TPSA) is 123 Å². The van der Waals surface area contributed by atoms with E-state index in [2.05, 4.69) is 15.4 Å². The largest absolute Gasteiger partial charge is 0.364 e. The number of amides is 3. The third-order valence-corrected chi connectivity index (χ3v) is 6.28. The van der Waals surface area contributed by atoms with Gasteiger partial charge in [-0.1, -0.05) is 35.9 Å². The van der Waals surface area contributed by atoms with Gasteiger partial charge in [-0.25, -0.2) is 4.98 Å². The number of fused-ring (bicyclic) bond motifs is 2. The van der Waals surface area contributed by atoms with Crippen molar-refractivity contribution in [2.24, 2.45) is 11.7 Å². The van der Waals surface area contributed by atoms with Crippen molar-refractivity contribution < 1.29 is 14.4 Å². The number of carbonyl (C=O) groups excluding carboxylic acids is 3. The highest BCUT2D eigenvalue weighted by molar-refractivity contribution is 6.29. The van der Waals surface area contributed by atoms with Gasteiger partial charge in [0, 0.05) is 11.9 Å². The maximum Gasteiger partial charge on any atom is 0.269 e. The zero-order valence-electron chi connectivity index (χ0n) is 16.4. The highest BCUT2D eigenvalue weighted by atomic mass is 35.5. The highest BCUT2D eigenvalue weighted by Gasteiger charge is 2.62. The molecule has 2 bridgehead atoms. The van der Waals surface area contributed by atoms with Crippen molar-refractivity contribution in [3.63, 3.8) is 0 Å². The molecule has 2 aliphatic heterocycles. The van der Waals surface area contributed by atoms with Gasteiger partial charge in [0.2, 0.25) is 5.91 Å². The molecule has 0 radical (unpaired) electrons. The number of hydrogen-bond acceptors (Lipinski definition) is 5. The number of pyridine rings is 1. The van der Waals surface area contributed by atoms with E-state index < -0.39 is 11.4 Å². The number of hydrogen-bond donors (Lipinski definition) is 2. The maximum absolute atomic E-state index is 13.2. The lowest BCUT2D eigenvalue weighted by atomic mass is 9.72.